The summed E-state index contributed by atoms with van der Waals surface area (Å²) in [6.45, 7) is 3.40. The van der Waals surface area contributed by atoms with Gasteiger partial charge in [-0.15, -0.1) is 0 Å². The van der Waals surface area contributed by atoms with Crippen LogP contribution in [-0.4, -0.2) is 11.9 Å². The molecule has 0 amide bonds. The molecular weight excluding hydrogens is 251 g/mol. The zero-order valence-corrected chi connectivity index (χ0v) is 11.7. The highest BCUT2D eigenvalue weighted by Gasteiger charge is 2.08. The Balaban J connectivity index is 2.13. The van der Waals surface area contributed by atoms with E-state index in [1.165, 1.54) is 29.3 Å². The van der Waals surface area contributed by atoms with Crippen molar-refractivity contribution in [2.75, 3.05) is 7.05 Å². The summed E-state index contributed by atoms with van der Waals surface area (Å²) in [6.07, 6.45) is 0. The zero-order chi connectivity index (χ0) is 14.5. The minimum absolute atomic E-state index is 0.303. The lowest BCUT2D eigenvalue weighted by Gasteiger charge is -2.18. The Kier molecular flexibility index (Phi) is 4.49. The standard InChI is InChI=1S/C17H17FN2/c1-13-5-3-4-6-15(13)11-20(2)12-16-9-17(18)8-7-14(16)10-19/h3-9H,11-12H2,1-2H3. The monoisotopic (exact) mass is 268 g/mol. The predicted octanol–water partition coefficient (Wildman–Crippen LogP) is 3.64. The Morgan fingerprint density at radius 2 is 1.80 bits per heavy atom. The van der Waals surface area contributed by atoms with Gasteiger partial charge in [-0.25, -0.2) is 4.39 Å². The number of rotatable bonds is 4. The van der Waals surface area contributed by atoms with Gasteiger partial charge in [0.05, 0.1) is 11.6 Å². The SMILES string of the molecule is Cc1ccccc1CN(C)Cc1cc(F)ccc1C#N. The summed E-state index contributed by atoms with van der Waals surface area (Å²) in [4.78, 5) is 2.08. The number of nitrogens with zero attached hydrogens (tertiary/aromatic N) is 2. The van der Waals surface area contributed by atoms with Crippen LogP contribution in [0.15, 0.2) is 42.5 Å². The highest BCUT2D eigenvalue weighted by Crippen LogP contribution is 2.15. The number of halogens is 1. The second-order valence-corrected chi connectivity index (χ2v) is 5.01. The lowest BCUT2D eigenvalue weighted by Crippen LogP contribution is -2.18. The fraction of sp³-hybridized carbons (Fsp3) is 0.235. The summed E-state index contributed by atoms with van der Waals surface area (Å²) in [6, 6.07) is 14.6. The molecule has 0 aliphatic heterocycles. The largest absolute Gasteiger partial charge is 0.298 e. The van der Waals surface area contributed by atoms with E-state index in [9.17, 15) is 4.39 Å². The quantitative estimate of drug-likeness (QED) is 0.846. The molecule has 0 saturated heterocycles. The van der Waals surface area contributed by atoms with E-state index < -0.39 is 0 Å². The molecule has 0 atom stereocenters. The molecule has 102 valence electrons. The molecule has 0 spiro atoms. The summed E-state index contributed by atoms with van der Waals surface area (Å²) in [5, 5.41) is 9.07. The van der Waals surface area contributed by atoms with Crippen LogP contribution in [0.3, 0.4) is 0 Å². The minimum atomic E-state index is -0.303. The topological polar surface area (TPSA) is 27.0 Å². The average molecular weight is 268 g/mol. The van der Waals surface area contributed by atoms with Gasteiger partial charge < -0.3 is 0 Å². The molecule has 0 unspecified atom stereocenters. The molecule has 2 aromatic rings. The van der Waals surface area contributed by atoms with Crippen molar-refractivity contribution in [2.24, 2.45) is 0 Å². The molecule has 2 rings (SSSR count). The molecule has 0 saturated carbocycles. The maximum absolute atomic E-state index is 13.3. The van der Waals surface area contributed by atoms with Crippen LogP contribution in [0.25, 0.3) is 0 Å². The zero-order valence-electron chi connectivity index (χ0n) is 11.7. The van der Waals surface area contributed by atoms with Crippen molar-refractivity contribution in [2.45, 2.75) is 20.0 Å². The van der Waals surface area contributed by atoms with Gasteiger partial charge in [0, 0.05) is 13.1 Å². The molecule has 3 heteroatoms. The summed E-state index contributed by atoms with van der Waals surface area (Å²) in [7, 11) is 1.97. The number of hydrogen-bond donors (Lipinski definition) is 0. The molecular formula is C17H17FN2. The third-order valence-corrected chi connectivity index (χ3v) is 3.33. The maximum Gasteiger partial charge on any atom is 0.123 e. The lowest BCUT2D eigenvalue weighted by molar-refractivity contribution is 0.317. The molecule has 20 heavy (non-hydrogen) atoms. The van der Waals surface area contributed by atoms with Crippen LogP contribution in [0.4, 0.5) is 4.39 Å². The van der Waals surface area contributed by atoms with Crippen LogP contribution in [0.5, 0.6) is 0 Å². The van der Waals surface area contributed by atoms with Crippen molar-refractivity contribution in [3.8, 4) is 6.07 Å². The number of hydrogen-bond acceptors (Lipinski definition) is 2. The molecule has 2 aromatic carbocycles. The van der Waals surface area contributed by atoms with Gasteiger partial charge in [-0.3, -0.25) is 4.90 Å². The first-order chi connectivity index (χ1) is 9.60. The van der Waals surface area contributed by atoms with Crippen LogP contribution in [0, 0.1) is 24.1 Å². The van der Waals surface area contributed by atoms with Crippen LogP contribution in [-0.2, 0) is 13.1 Å². The lowest BCUT2D eigenvalue weighted by atomic mass is 10.1. The van der Waals surface area contributed by atoms with Gasteiger partial charge in [0.1, 0.15) is 5.82 Å². The fourth-order valence-corrected chi connectivity index (χ4v) is 2.23. The third kappa shape index (κ3) is 3.43. The smallest absolute Gasteiger partial charge is 0.123 e. The minimum Gasteiger partial charge on any atom is -0.298 e. The van der Waals surface area contributed by atoms with Gasteiger partial charge in [-0.05, 0) is 48.9 Å². The first kappa shape index (κ1) is 14.2. The Morgan fingerprint density at radius 1 is 1.10 bits per heavy atom. The third-order valence-electron chi connectivity index (χ3n) is 3.33. The molecule has 0 aliphatic carbocycles. The van der Waals surface area contributed by atoms with E-state index in [2.05, 4.69) is 30.0 Å². The van der Waals surface area contributed by atoms with E-state index in [-0.39, 0.29) is 5.82 Å². The fourth-order valence-electron chi connectivity index (χ4n) is 2.23. The maximum atomic E-state index is 13.3. The van der Waals surface area contributed by atoms with Gasteiger partial charge >= 0.3 is 0 Å². The van der Waals surface area contributed by atoms with Gasteiger partial charge in [0.2, 0.25) is 0 Å². The van der Waals surface area contributed by atoms with Crippen LogP contribution >= 0.6 is 0 Å². The van der Waals surface area contributed by atoms with Crippen molar-refractivity contribution in [3.63, 3.8) is 0 Å². The van der Waals surface area contributed by atoms with Crippen molar-refractivity contribution < 1.29 is 4.39 Å². The van der Waals surface area contributed by atoms with Crippen molar-refractivity contribution in [1.29, 1.82) is 5.26 Å². The second-order valence-electron chi connectivity index (χ2n) is 5.01. The number of benzene rings is 2. The molecule has 0 radical (unpaired) electrons. The number of nitriles is 1. The Bertz CT molecular complexity index is 644. The van der Waals surface area contributed by atoms with E-state index in [4.69, 9.17) is 5.26 Å². The van der Waals surface area contributed by atoms with Gasteiger partial charge in [0.15, 0.2) is 0 Å². The molecule has 0 heterocycles. The van der Waals surface area contributed by atoms with E-state index >= 15 is 0 Å². The van der Waals surface area contributed by atoms with Crippen molar-refractivity contribution in [3.05, 3.63) is 70.5 Å². The molecule has 2 nitrogen and oxygen atoms in total. The van der Waals surface area contributed by atoms with Crippen LogP contribution in [0.2, 0.25) is 0 Å². The van der Waals surface area contributed by atoms with Crippen molar-refractivity contribution in [1.82, 2.24) is 4.90 Å². The van der Waals surface area contributed by atoms with E-state index in [1.54, 1.807) is 0 Å². The first-order valence-corrected chi connectivity index (χ1v) is 6.51. The average Bonchev–Trinajstić information content (AvgIpc) is 2.41. The Hall–Kier alpha value is -2.18. The highest BCUT2D eigenvalue weighted by atomic mass is 19.1. The van der Waals surface area contributed by atoms with E-state index in [0.717, 1.165) is 12.1 Å². The van der Waals surface area contributed by atoms with E-state index in [0.29, 0.717) is 12.1 Å². The Morgan fingerprint density at radius 3 is 2.50 bits per heavy atom. The molecule has 0 aromatic heterocycles. The van der Waals surface area contributed by atoms with E-state index in [1.807, 2.05) is 19.2 Å². The Labute approximate surface area is 119 Å². The summed E-state index contributed by atoms with van der Waals surface area (Å²) in [5.74, 6) is -0.303. The summed E-state index contributed by atoms with van der Waals surface area (Å²) < 4.78 is 13.3. The van der Waals surface area contributed by atoms with Crippen LogP contribution in [0.1, 0.15) is 22.3 Å². The molecule has 0 aliphatic rings. The van der Waals surface area contributed by atoms with Gasteiger partial charge in [0.25, 0.3) is 0 Å². The van der Waals surface area contributed by atoms with Gasteiger partial charge in [-0.2, -0.15) is 5.26 Å². The predicted molar refractivity (Wildman–Crippen MR) is 77.5 cm³/mol. The summed E-state index contributed by atoms with van der Waals surface area (Å²) in [5.41, 5.74) is 3.73. The molecule has 0 N–H and O–H groups in total. The van der Waals surface area contributed by atoms with Gasteiger partial charge in [-0.1, -0.05) is 24.3 Å². The second kappa shape index (κ2) is 6.31. The van der Waals surface area contributed by atoms with Crippen LogP contribution < -0.4 is 0 Å². The number of aryl methyl sites for hydroxylation is 1. The summed E-state index contributed by atoms with van der Waals surface area (Å²) >= 11 is 0. The molecule has 0 bridgehead atoms. The normalized spacial score (nSPS) is 10.6. The van der Waals surface area contributed by atoms with Crippen molar-refractivity contribution >= 4 is 0 Å². The highest BCUT2D eigenvalue weighted by molar-refractivity contribution is 5.37. The molecule has 0 fully saturated rings. The first-order valence-electron chi connectivity index (χ1n) is 6.51.